The van der Waals surface area contributed by atoms with Crippen LogP contribution in [0.3, 0.4) is 0 Å². The van der Waals surface area contributed by atoms with E-state index in [-0.39, 0.29) is 18.9 Å². The van der Waals surface area contributed by atoms with Crippen molar-refractivity contribution in [2.24, 2.45) is 5.92 Å². The molecule has 0 aliphatic carbocycles. The molecule has 2 aromatic rings. The van der Waals surface area contributed by atoms with Gasteiger partial charge in [-0.1, -0.05) is 36.7 Å². The van der Waals surface area contributed by atoms with Gasteiger partial charge in [-0.05, 0) is 42.5 Å². The normalized spacial score (nSPS) is 15.4. The van der Waals surface area contributed by atoms with E-state index in [1.165, 1.54) is 6.07 Å². The van der Waals surface area contributed by atoms with E-state index < -0.39 is 11.9 Å². The van der Waals surface area contributed by atoms with Crippen molar-refractivity contribution in [1.29, 1.82) is 0 Å². The zero-order chi connectivity index (χ0) is 21.0. The maximum absolute atomic E-state index is 13.2. The summed E-state index contributed by atoms with van der Waals surface area (Å²) in [6.45, 7) is 3.57. The van der Waals surface area contributed by atoms with Gasteiger partial charge in [-0.2, -0.15) is 13.2 Å². The number of rotatable bonds is 5. The largest absolute Gasteiger partial charge is 0.433 e. The van der Waals surface area contributed by atoms with Gasteiger partial charge in [0.25, 0.3) is 0 Å². The molecule has 3 rings (SSSR count). The number of alkyl halides is 3. The lowest BCUT2D eigenvalue weighted by atomic mass is 9.99. The summed E-state index contributed by atoms with van der Waals surface area (Å²) in [7, 11) is 0. The number of pyridine rings is 1. The summed E-state index contributed by atoms with van der Waals surface area (Å²) in [6.07, 6.45) is -2.53. The Morgan fingerprint density at radius 2 is 1.83 bits per heavy atom. The molecule has 1 aromatic heterocycles. The van der Waals surface area contributed by atoms with Crippen molar-refractivity contribution in [2.45, 2.75) is 38.9 Å². The molecule has 1 N–H and O–H groups in total. The van der Waals surface area contributed by atoms with Crippen LogP contribution in [0, 0.1) is 5.92 Å². The molecule has 0 bridgehead atoms. The van der Waals surface area contributed by atoms with Crippen LogP contribution in [0.1, 0.15) is 36.6 Å². The molecule has 0 spiro atoms. The summed E-state index contributed by atoms with van der Waals surface area (Å²) in [4.78, 5) is 18.1. The number of anilines is 1. The first kappa shape index (κ1) is 21.4. The van der Waals surface area contributed by atoms with E-state index in [0.717, 1.165) is 24.5 Å². The number of aromatic nitrogens is 1. The molecule has 1 fully saturated rings. The molecule has 0 atom stereocenters. The highest BCUT2D eigenvalue weighted by Gasteiger charge is 2.34. The van der Waals surface area contributed by atoms with Gasteiger partial charge in [0.1, 0.15) is 11.5 Å². The fourth-order valence-electron chi connectivity index (χ4n) is 3.31. The van der Waals surface area contributed by atoms with Crippen molar-refractivity contribution in [2.75, 3.05) is 18.0 Å². The van der Waals surface area contributed by atoms with Crippen LogP contribution in [0.25, 0.3) is 0 Å². The van der Waals surface area contributed by atoms with Crippen molar-refractivity contribution in [3.63, 3.8) is 0 Å². The van der Waals surface area contributed by atoms with Crippen molar-refractivity contribution in [1.82, 2.24) is 10.3 Å². The third-order valence-electron chi connectivity index (χ3n) is 5.08. The Bertz CT molecular complexity index is 847. The summed E-state index contributed by atoms with van der Waals surface area (Å²) in [5.74, 6) is 0.628. The molecule has 1 saturated heterocycles. The Kier molecular flexibility index (Phi) is 6.67. The SMILES string of the molecule is CC1CCN(c2nc(C(F)(F)F)ccc2CNC(=O)Cc2ccc(Cl)cc2)CC1. The minimum atomic E-state index is -4.51. The van der Waals surface area contributed by atoms with Crippen LogP contribution in [0.5, 0.6) is 0 Å². The topological polar surface area (TPSA) is 45.2 Å². The molecule has 0 radical (unpaired) electrons. The molecule has 0 unspecified atom stereocenters. The van der Waals surface area contributed by atoms with E-state index in [9.17, 15) is 18.0 Å². The Morgan fingerprint density at radius 3 is 2.45 bits per heavy atom. The number of hydrogen-bond acceptors (Lipinski definition) is 3. The first-order valence-electron chi connectivity index (χ1n) is 9.55. The molecule has 156 valence electrons. The van der Waals surface area contributed by atoms with Gasteiger partial charge in [0.2, 0.25) is 5.91 Å². The summed E-state index contributed by atoms with van der Waals surface area (Å²) in [5, 5.41) is 3.38. The lowest BCUT2D eigenvalue weighted by Crippen LogP contribution is -2.35. The van der Waals surface area contributed by atoms with E-state index in [1.54, 1.807) is 24.3 Å². The van der Waals surface area contributed by atoms with E-state index in [1.807, 2.05) is 4.90 Å². The minimum absolute atomic E-state index is 0.124. The predicted molar refractivity (Wildman–Crippen MR) is 107 cm³/mol. The van der Waals surface area contributed by atoms with Crippen LogP contribution < -0.4 is 10.2 Å². The van der Waals surface area contributed by atoms with Crippen LogP contribution in [0.2, 0.25) is 5.02 Å². The standard InChI is InChI=1S/C21H23ClF3N3O/c1-14-8-10-28(11-9-14)20-16(4-7-18(27-20)21(23,24)25)13-26-19(29)12-15-2-5-17(22)6-3-15/h2-7,14H,8-13H2,1H3,(H,26,29). The average Bonchev–Trinajstić information content (AvgIpc) is 2.68. The number of carbonyl (C=O) groups excluding carboxylic acids is 1. The van der Waals surface area contributed by atoms with Crippen LogP contribution in [0.15, 0.2) is 36.4 Å². The molecule has 29 heavy (non-hydrogen) atoms. The number of benzene rings is 1. The average molecular weight is 426 g/mol. The lowest BCUT2D eigenvalue weighted by Gasteiger charge is -2.33. The van der Waals surface area contributed by atoms with Crippen LogP contribution in [-0.2, 0) is 23.9 Å². The molecule has 1 aliphatic heterocycles. The number of carbonyl (C=O) groups is 1. The van der Waals surface area contributed by atoms with E-state index in [4.69, 9.17) is 11.6 Å². The van der Waals surface area contributed by atoms with Gasteiger partial charge in [-0.15, -0.1) is 0 Å². The first-order chi connectivity index (χ1) is 13.7. The number of piperidine rings is 1. The van der Waals surface area contributed by atoms with Gasteiger partial charge in [-0.3, -0.25) is 4.79 Å². The van der Waals surface area contributed by atoms with Crippen molar-refractivity contribution in [3.05, 3.63) is 58.2 Å². The molecular formula is C21H23ClF3N3O. The van der Waals surface area contributed by atoms with E-state index in [2.05, 4.69) is 17.2 Å². The second-order valence-electron chi connectivity index (χ2n) is 7.43. The summed E-state index contributed by atoms with van der Waals surface area (Å²) >= 11 is 5.84. The number of halogens is 4. The second-order valence-corrected chi connectivity index (χ2v) is 7.86. The van der Waals surface area contributed by atoms with Gasteiger partial charge in [0, 0.05) is 30.2 Å². The second kappa shape index (κ2) is 9.03. The third-order valence-corrected chi connectivity index (χ3v) is 5.34. The Hall–Kier alpha value is -2.28. The highest BCUT2D eigenvalue weighted by atomic mass is 35.5. The number of hydrogen-bond donors (Lipinski definition) is 1. The Labute approximate surface area is 173 Å². The summed E-state index contributed by atoms with van der Waals surface area (Å²) in [6, 6.07) is 9.32. The highest BCUT2D eigenvalue weighted by Crippen LogP contribution is 2.32. The van der Waals surface area contributed by atoms with Crippen molar-refractivity contribution in [3.8, 4) is 0 Å². The van der Waals surface area contributed by atoms with E-state index >= 15 is 0 Å². The fourth-order valence-corrected chi connectivity index (χ4v) is 3.44. The zero-order valence-corrected chi connectivity index (χ0v) is 16.9. The summed E-state index contributed by atoms with van der Waals surface area (Å²) < 4.78 is 39.5. The quantitative estimate of drug-likeness (QED) is 0.744. The zero-order valence-electron chi connectivity index (χ0n) is 16.1. The van der Waals surface area contributed by atoms with Gasteiger partial charge in [0.15, 0.2) is 0 Å². The molecular weight excluding hydrogens is 403 g/mol. The van der Waals surface area contributed by atoms with Crippen molar-refractivity contribution >= 4 is 23.3 Å². The molecule has 2 heterocycles. The number of nitrogens with zero attached hydrogens (tertiary/aromatic N) is 2. The molecule has 0 saturated carbocycles. The van der Waals surface area contributed by atoms with Crippen LogP contribution in [-0.4, -0.2) is 24.0 Å². The van der Waals surface area contributed by atoms with Gasteiger partial charge in [0.05, 0.1) is 6.42 Å². The monoisotopic (exact) mass is 425 g/mol. The maximum Gasteiger partial charge on any atom is 0.433 e. The Balaban J connectivity index is 1.73. The lowest BCUT2D eigenvalue weighted by molar-refractivity contribution is -0.141. The van der Waals surface area contributed by atoms with Gasteiger partial charge < -0.3 is 10.2 Å². The number of amides is 1. The molecule has 4 nitrogen and oxygen atoms in total. The van der Waals surface area contributed by atoms with Crippen LogP contribution in [0.4, 0.5) is 19.0 Å². The highest BCUT2D eigenvalue weighted by molar-refractivity contribution is 6.30. The molecule has 1 aromatic carbocycles. The van der Waals surface area contributed by atoms with Gasteiger partial charge in [-0.25, -0.2) is 4.98 Å². The van der Waals surface area contributed by atoms with E-state index in [0.29, 0.717) is 35.4 Å². The predicted octanol–water partition coefficient (Wildman–Crippen LogP) is 4.85. The minimum Gasteiger partial charge on any atom is -0.356 e. The maximum atomic E-state index is 13.2. The smallest absolute Gasteiger partial charge is 0.356 e. The third kappa shape index (κ3) is 5.85. The molecule has 1 amide bonds. The first-order valence-corrected chi connectivity index (χ1v) is 9.93. The fraction of sp³-hybridized carbons (Fsp3) is 0.429. The number of nitrogens with one attached hydrogen (secondary N) is 1. The molecule has 8 heteroatoms. The Morgan fingerprint density at radius 1 is 1.17 bits per heavy atom. The van der Waals surface area contributed by atoms with Gasteiger partial charge >= 0.3 is 6.18 Å². The molecule has 1 aliphatic rings. The van der Waals surface area contributed by atoms with Crippen molar-refractivity contribution < 1.29 is 18.0 Å². The summed E-state index contributed by atoms with van der Waals surface area (Å²) in [5.41, 5.74) is 0.474. The van der Waals surface area contributed by atoms with Crippen LogP contribution >= 0.6 is 11.6 Å².